The molecule has 0 unspecified atom stereocenters. The number of ether oxygens (including phenoxy) is 1. The molecule has 2 aliphatic rings. The van der Waals surface area contributed by atoms with Crippen LogP contribution in [0.4, 0.5) is 0 Å². The van der Waals surface area contributed by atoms with Crippen molar-refractivity contribution in [3.05, 3.63) is 157 Å². The monoisotopic (exact) mass is 586 g/mol. The van der Waals surface area contributed by atoms with Crippen LogP contribution in [0, 0.1) is 0 Å². The van der Waals surface area contributed by atoms with Gasteiger partial charge < -0.3 is 4.74 Å². The molecule has 0 N–H and O–H groups in total. The molecule has 1 nitrogen and oxygen atoms in total. The zero-order valence-electron chi connectivity index (χ0n) is 25.8. The molecule has 0 spiro atoms. The summed E-state index contributed by atoms with van der Waals surface area (Å²) in [7, 11) is 0. The third kappa shape index (κ3) is 3.51. The molecule has 46 heavy (non-hydrogen) atoms. The van der Waals surface area contributed by atoms with Gasteiger partial charge in [0.15, 0.2) is 0 Å². The van der Waals surface area contributed by atoms with Gasteiger partial charge in [0.05, 0.1) is 0 Å². The highest BCUT2D eigenvalue weighted by Crippen LogP contribution is 2.54. The maximum atomic E-state index is 6.92. The van der Waals surface area contributed by atoms with E-state index >= 15 is 0 Å². The fraction of sp³-hybridized carbons (Fsp3) is 0.0667. The van der Waals surface area contributed by atoms with Gasteiger partial charge in [-0.2, -0.15) is 0 Å². The summed E-state index contributed by atoms with van der Waals surface area (Å²) in [6.45, 7) is 4.71. The van der Waals surface area contributed by atoms with Crippen molar-refractivity contribution in [2.75, 3.05) is 0 Å². The molecule has 216 valence electrons. The Balaban J connectivity index is 1.23. The van der Waals surface area contributed by atoms with Crippen molar-refractivity contribution in [2.24, 2.45) is 0 Å². The first kappa shape index (κ1) is 25.6. The summed E-state index contributed by atoms with van der Waals surface area (Å²) >= 11 is 0. The van der Waals surface area contributed by atoms with Gasteiger partial charge in [-0.3, -0.25) is 0 Å². The molecule has 10 rings (SSSR count). The van der Waals surface area contributed by atoms with Crippen molar-refractivity contribution in [1.82, 2.24) is 0 Å². The maximum Gasteiger partial charge on any atom is 0.143 e. The summed E-state index contributed by atoms with van der Waals surface area (Å²) in [5, 5.41) is 7.31. The van der Waals surface area contributed by atoms with Gasteiger partial charge in [0, 0.05) is 21.9 Å². The Labute approximate surface area is 268 Å². The van der Waals surface area contributed by atoms with Crippen LogP contribution in [-0.4, -0.2) is 0 Å². The number of fused-ring (bicyclic) bond motifs is 8. The number of benzene rings is 8. The predicted octanol–water partition coefficient (Wildman–Crippen LogP) is 12.6. The molecule has 0 saturated carbocycles. The first-order valence-corrected chi connectivity index (χ1v) is 16.1. The van der Waals surface area contributed by atoms with E-state index in [0.717, 1.165) is 28.2 Å². The van der Waals surface area contributed by atoms with Crippen LogP contribution in [0.15, 0.2) is 146 Å². The summed E-state index contributed by atoms with van der Waals surface area (Å²) in [6, 6.07) is 53.4. The van der Waals surface area contributed by atoms with Gasteiger partial charge in [-0.1, -0.05) is 129 Å². The summed E-state index contributed by atoms with van der Waals surface area (Å²) in [5.74, 6) is 1.84. The second-order valence-electron chi connectivity index (χ2n) is 13.3. The lowest BCUT2D eigenvalue weighted by Gasteiger charge is -2.26. The number of rotatable bonds is 2. The summed E-state index contributed by atoms with van der Waals surface area (Å²) in [4.78, 5) is 0. The molecule has 0 atom stereocenters. The topological polar surface area (TPSA) is 9.23 Å². The van der Waals surface area contributed by atoms with Crippen LogP contribution in [-0.2, 0) is 5.41 Å². The van der Waals surface area contributed by atoms with Crippen molar-refractivity contribution in [2.45, 2.75) is 19.3 Å². The van der Waals surface area contributed by atoms with Crippen molar-refractivity contribution in [1.29, 1.82) is 0 Å². The van der Waals surface area contributed by atoms with Gasteiger partial charge >= 0.3 is 0 Å². The Hall–Kier alpha value is -5.66. The van der Waals surface area contributed by atoms with Crippen LogP contribution in [0.25, 0.3) is 76.8 Å². The number of hydrogen-bond acceptors (Lipinski definition) is 1. The van der Waals surface area contributed by atoms with E-state index in [2.05, 4.69) is 159 Å². The van der Waals surface area contributed by atoms with Crippen molar-refractivity contribution in [3.63, 3.8) is 0 Å². The molecule has 8 aromatic carbocycles. The maximum absolute atomic E-state index is 6.92. The second-order valence-corrected chi connectivity index (χ2v) is 13.3. The average Bonchev–Trinajstić information content (AvgIpc) is 3.33. The lowest BCUT2D eigenvalue weighted by atomic mass is 9.81. The van der Waals surface area contributed by atoms with Crippen LogP contribution < -0.4 is 4.74 Å². The van der Waals surface area contributed by atoms with Crippen LogP contribution in [0.3, 0.4) is 0 Å². The van der Waals surface area contributed by atoms with Crippen LogP contribution >= 0.6 is 0 Å². The molecule has 0 saturated heterocycles. The standard InChI is InChI=1S/C45H30O/c1-45(2)40-17-8-7-14-35(40)36-21-20-29(25-41(36)45)32-23-38-33-13-6-5-12-30(33)26-42-43(38)39(24-32)37-16-9-15-34(44(37)46-42)31-19-18-27-10-3-4-11-28(27)22-31/h3-26H,1-2H3. The Morgan fingerprint density at radius 1 is 0.413 bits per heavy atom. The minimum absolute atomic E-state index is 0.0535. The molecule has 1 aliphatic heterocycles. The van der Waals surface area contributed by atoms with Gasteiger partial charge in [-0.25, -0.2) is 0 Å². The Kier molecular flexibility index (Phi) is 5.12. The van der Waals surface area contributed by atoms with Gasteiger partial charge in [0.25, 0.3) is 0 Å². The minimum atomic E-state index is -0.0535. The van der Waals surface area contributed by atoms with Gasteiger partial charge in [-0.05, 0) is 102 Å². The molecule has 0 amide bonds. The van der Waals surface area contributed by atoms with Gasteiger partial charge in [0.1, 0.15) is 11.5 Å². The molecule has 1 heteroatoms. The van der Waals surface area contributed by atoms with Gasteiger partial charge in [-0.15, -0.1) is 0 Å². The zero-order chi connectivity index (χ0) is 30.6. The fourth-order valence-electron chi connectivity index (χ4n) is 8.10. The first-order valence-electron chi connectivity index (χ1n) is 16.1. The summed E-state index contributed by atoms with van der Waals surface area (Å²) in [5.41, 5.74) is 12.5. The highest BCUT2D eigenvalue weighted by molar-refractivity contribution is 6.18. The lowest BCUT2D eigenvalue weighted by Crippen LogP contribution is -2.14. The summed E-state index contributed by atoms with van der Waals surface area (Å²) in [6.07, 6.45) is 0. The van der Waals surface area contributed by atoms with Gasteiger partial charge in [0.2, 0.25) is 0 Å². The lowest BCUT2D eigenvalue weighted by molar-refractivity contribution is 0.489. The van der Waals surface area contributed by atoms with E-state index in [9.17, 15) is 0 Å². The molecule has 1 aliphatic carbocycles. The van der Waals surface area contributed by atoms with Crippen molar-refractivity contribution in [3.8, 4) is 56.0 Å². The Morgan fingerprint density at radius 3 is 2.04 bits per heavy atom. The SMILES string of the molecule is CC1(C)c2ccccc2-c2ccc(-c3cc4c5c(cc6ccccc6c5c3)Oc3c(-c5ccc6ccccc6c5)cccc3-4)cc21. The third-order valence-electron chi connectivity index (χ3n) is 10.4. The molecule has 8 aromatic rings. The van der Waals surface area contributed by atoms with E-state index < -0.39 is 0 Å². The predicted molar refractivity (Wildman–Crippen MR) is 193 cm³/mol. The van der Waals surface area contributed by atoms with E-state index in [1.807, 2.05) is 0 Å². The molecule has 0 bridgehead atoms. The quantitative estimate of drug-likeness (QED) is 0.183. The van der Waals surface area contributed by atoms with E-state index in [0.29, 0.717) is 0 Å². The van der Waals surface area contributed by atoms with E-state index in [1.165, 1.54) is 71.3 Å². The van der Waals surface area contributed by atoms with E-state index in [-0.39, 0.29) is 5.41 Å². The highest BCUT2D eigenvalue weighted by atomic mass is 16.5. The molecule has 0 fully saturated rings. The third-order valence-corrected chi connectivity index (χ3v) is 10.4. The van der Waals surface area contributed by atoms with Crippen LogP contribution in [0.1, 0.15) is 25.0 Å². The van der Waals surface area contributed by atoms with E-state index in [4.69, 9.17) is 4.74 Å². The fourth-order valence-corrected chi connectivity index (χ4v) is 8.10. The molecule has 0 radical (unpaired) electrons. The Morgan fingerprint density at radius 2 is 1.13 bits per heavy atom. The Bertz CT molecular complexity index is 2590. The van der Waals surface area contributed by atoms with Crippen molar-refractivity contribution >= 4 is 32.3 Å². The molecular formula is C45H30O. The molecule has 1 heterocycles. The number of hydrogen-bond donors (Lipinski definition) is 0. The average molecular weight is 587 g/mol. The first-order chi connectivity index (χ1) is 22.5. The highest BCUT2D eigenvalue weighted by Gasteiger charge is 2.35. The molecule has 0 aromatic heterocycles. The zero-order valence-corrected chi connectivity index (χ0v) is 25.8. The normalized spacial score (nSPS) is 13.8. The van der Waals surface area contributed by atoms with Crippen LogP contribution in [0.5, 0.6) is 11.5 Å². The largest absolute Gasteiger partial charge is 0.455 e. The van der Waals surface area contributed by atoms with E-state index in [1.54, 1.807) is 0 Å². The minimum Gasteiger partial charge on any atom is -0.455 e. The second kappa shape index (κ2) is 9.19. The smallest absolute Gasteiger partial charge is 0.143 e. The van der Waals surface area contributed by atoms with Crippen LogP contribution in [0.2, 0.25) is 0 Å². The molecular weight excluding hydrogens is 556 g/mol. The number of para-hydroxylation sites is 1. The summed E-state index contributed by atoms with van der Waals surface area (Å²) < 4.78 is 6.92. The van der Waals surface area contributed by atoms with Crippen molar-refractivity contribution < 1.29 is 4.74 Å².